The highest BCUT2D eigenvalue weighted by molar-refractivity contribution is 6.27. The number of benzene rings is 2. The lowest BCUT2D eigenvalue weighted by Gasteiger charge is -2.20. The van der Waals surface area contributed by atoms with Crippen LogP contribution < -0.4 is 5.32 Å². The fourth-order valence-corrected chi connectivity index (χ4v) is 2.35. The molecule has 10 nitrogen and oxygen atoms in total. The van der Waals surface area contributed by atoms with Crippen molar-refractivity contribution < 1.29 is 29.5 Å². The maximum atomic E-state index is 12.1. The van der Waals surface area contributed by atoms with Crippen LogP contribution in [0.25, 0.3) is 0 Å². The fraction of sp³-hybridized carbons (Fsp3) is 0.250. The molecule has 2 rings (SSSR count). The molecular formula is C20H23N3O7. The van der Waals surface area contributed by atoms with Crippen LogP contribution in [-0.2, 0) is 16.1 Å². The number of nitrogens with one attached hydrogen (secondary N) is 1. The molecule has 0 bridgehead atoms. The first-order valence-corrected chi connectivity index (χ1v) is 8.99. The van der Waals surface area contributed by atoms with E-state index in [1.54, 1.807) is 0 Å². The lowest BCUT2D eigenvalue weighted by molar-refractivity contribution is -0.384. The molecule has 30 heavy (non-hydrogen) atoms. The van der Waals surface area contributed by atoms with Crippen LogP contribution in [0.2, 0.25) is 0 Å². The minimum atomic E-state index is -1.82. The van der Waals surface area contributed by atoms with E-state index in [1.165, 1.54) is 29.8 Å². The molecule has 0 heterocycles. The summed E-state index contributed by atoms with van der Waals surface area (Å²) in [5.41, 5.74) is 1.64. The van der Waals surface area contributed by atoms with Gasteiger partial charge in [0.15, 0.2) is 0 Å². The zero-order valence-electron chi connectivity index (χ0n) is 16.4. The molecule has 3 N–H and O–H groups in total. The second-order valence-corrected chi connectivity index (χ2v) is 6.02. The minimum absolute atomic E-state index is 0.0217. The third kappa shape index (κ3) is 8.93. The van der Waals surface area contributed by atoms with Crippen molar-refractivity contribution in [2.75, 3.05) is 19.6 Å². The van der Waals surface area contributed by atoms with Gasteiger partial charge in [-0.15, -0.1) is 0 Å². The smallest absolute Gasteiger partial charge is 0.414 e. The first-order chi connectivity index (χ1) is 14.2. The molecule has 0 unspecified atom stereocenters. The zero-order valence-corrected chi connectivity index (χ0v) is 16.4. The molecule has 0 aliphatic rings. The number of nitrogens with zero attached hydrogens (tertiary/aromatic N) is 2. The van der Waals surface area contributed by atoms with Crippen LogP contribution in [0.3, 0.4) is 0 Å². The maximum Gasteiger partial charge on any atom is 0.414 e. The Morgan fingerprint density at radius 2 is 1.57 bits per heavy atom. The highest BCUT2D eigenvalue weighted by Crippen LogP contribution is 2.11. The molecule has 2 aromatic rings. The standard InChI is InChI=1S/C18H21N3O3.C2H2O4/c1-2-20(14-15-6-4-3-5-7-15)13-12-19-18(22)16-8-10-17(11-9-16)21(23)24;3-1(4)2(5)6/h3-11H,2,12-14H2,1H3,(H,19,22);(H,3,4)(H,5,6). The molecule has 0 aliphatic heterocycles. The number of rotatable bonds is 8. The van der Waals surface area contributed by atoms with Gasteiger partial charge in [0.25, 0.3) is 11.6 Å². The SMILES string of the molecule is CCN(CCNC(=O)c1ccc([N+](=O)[O-])cc1)Cc1ccccc1.O=C(O)C(=O)O. The number of hydrogen-bond acceptors (Lipinski definition) is 6. The molecule has 2 aromatic carbocycles. The number of carboxylic acid groups (broad SMARTS) is 2. The molecule has 160 valence electrons. The molecule has 0 aliphatic carbocycles. The molecule has 0 aromatic heterocycles. The highest BCUT2D eigenvalue weighted by atomic mass is 16.6. The summed E-state index contributed by atoms with van der Waals surface area (Å²) in [7, 11) is 0. The van der Waals surface area contributed by atoms with Gasteiger partial charge in [0.05, 0.1) is 4.92 Å². The molecule has 0 radical (unpaired) electrons. The zero-order chi connectivity index (χ0) is 22.5. The maximum absolute atomic E-state index is 12.1. The summed E-state index contributed by atoms with van der Waals surface area (Å²) in [5.74, 6) is -3.87. The van der Waals surface area contributed by atoms with E-state index in [9.17, 15) is 14.9 Å². The van der Waals surface area contributed by atoms with E-state index in [-0.39, 0.29) is 11.6 Å². The first kappa shape index (κ1) is 24.2. The van der Waals surface area contributed by atoms with E-state index in [1.807, 2.05) is 18.2 Å². The van der Waals surface area contributed by atoms with E-state index in [0.29, 0.717) is 12.1 Å². The molecule has 0 spiro atoms. The number of nitro benzene ring substituents is 1. The minimum Gasteiger partial charge on any atom is -0.473 e. The highest BCUT2D eigenvalue weighted by Gasteiger charge is 2.10. The number of hydrogen-bond donors (Lipinski definition) is 3. The number of amides is 1. The quantitative estimate of drug-likeness (QED) is 0.335. The first-order valence-electron chi connectivity index (χ1n) is 8.99. The van der Waals surface area contributed by atoms with Crippen molar-refractivity contribution in [3.8, 4) is 0 Å². The van der Waals surface area contributed by atoms with Crippen LogP contribution in [0.15, 0.2) is 54.6 Å². The van der Waals surface area contributed by atoms with Gasteiger partial charge in [-0.05, 0) is 24.2 Å². The van der Waals surface area contributed by atoms with Crippen LogP contribution in [0.5, 0.6) is 0 Å². The largest absolute Gasteiger partial charge is 0.473 e. The van der Waals surface area contributed by atoms with Gasteiger partial charge in [-0.2, -0.15) is 0 Å². The van der Waals surface area contributed by atoms with Gasteiger partial charge in [0.2, 0.25) is 0 Å². The molecule has 0 fully saturated rings. The van der Waals surface area contributed by atoms with E-state index in [4.69, 9.17) is 19.8 Å². The van der Waals surface area contributed by atoms with Gasteiger partial charge < -0.3 is 15.5 Å². The van der Waals surface area contributed by atoms with E-state index in [0.717, 1.165) is 19.6 Å². The van der Waals surface area contributed by atoms with Gasteiger partial charge in [-0.25, -0.2) is 9.59 Å². The lowest BCUT2D eigenvalue weighted by atomic mass is 10.2. The summed E-state index contributed by atoms with van der Waals surface area (Å²) in [6.45, 7) is 5.08. The van der Waals surface area contributed by atoms with Gasteiger partial charge in [-0.1, -0.05) is 37.3 Å². The van der Waals surface area contributed by atoms with E-state index >= 15 is 0 Å². The van der Waals surface area contributed by atoms with Crippen molar-refractivity contribution in [3.05, 3.63) is 75.8 Å². The second kappa shape index (κ2) is 12.6. The number of carbonyl (C=O) groups excluding carboxylic acids is 1. The Balaban J connectivity index is 0.000000656. The summed E-state index contributed by atoms with van der Waals surface area (Å²) >= 11 is 0. The van der Waals surface area contributed by atoms with Gasteiger partial charge >= 0.3 is 11.9 Å². The predicted octanol–water partition coefficient (Wildman–Crippen LogP) is 2.00. The van der Waals surface area contributed by atoms with Crippen molar-refractivity contribution in [3.63, 3.8) is 0 Å². The number of carboxylic acids is 2. The van der Waals surface area contributed by atoms with Crippen LogP contribution >= 0.6 is 0 Å². The molecule has 10 heteroatoms. The summed E-state index contributed by atoms with van der Waals surface area (Å²) in [6, 6.07) is 15.8. The average Bonchev–Trinajstić information content (AvgIpc) is 2.74. The Kier molecular flexibility index (Phi) is 10.2. The van der Waals surface area contributed by atoms with Crippen LogP contribution in [0.1, 0.15) is 22.8 Å². The molecule has 0 saturated heterocycles. The fourth-order valence-electron chi connectivity index (χ4n) is 2.35. The summed E-state index contributed by atoms with van der Waals surface area (Å²) in [4.78, 5) is 42.6. The van der Waals surface area contributed by atoms with Crippen molar-refractivity contribution >= 4 is 23.5 Å². The van der Waals surface area contributed by atoms with Gasteiger partial charge in [0.1, 0.15) is 0 Å². The Morgan fingerprint density at radius 1 is 1.00 bits per heavy atom. The van der Waals surface area contributed by atoms with E-state index < -0.39 is 16.9 Å². The van der Waals surface area contributed by atoms with Crippen LogP contribution in [0.4, 0.5) is 5.69 Å². The summed E-state index contributed by atoms with van der Waals surface area (Å²) in [5, 5.41) is 28.2. The predicted molar refractivity (Wildman–Crippen MR) is 108 cm³/mol. The Labute approximate surface area is 172 Å². The number of likely N-dealkylation sites (N-methyl/N-ethyl adjacent to an activating group) is 1. The molecule has 0 atom stereocenters. The average molecular weight is 417 g/mol. The van der Waals surface area contributed by atoms with Crippen LogP contribution in [0, 0.1) is 10.1 Å². The van der Waals surface area contributed by atoms with Gasteiger partial charge in [0, 0.05) is 37.3 Å². The van der Waals surface area contributed by atoms with Crippen molar-refractivity contribution in [2.24, 2.45) is 0 Å². The molecule has 1 amide bonds. The third-order valence-electron chi connectivity index (χ3n) is 3.93. The third-order valence-corrected chi connectivity index (χ3v) is 3.93. The van der Waals surface area contributed by atoms with Crippen molar-refractivity contribution in [1.29, 1.82) is 0 Å². The van der Waals surface area contributed by atoms with Gasteiger partial charge in [-0.3, -0.25) is 19.8 Å². The number of non-ortho nitro benzene ring substituents is 1. The topological polar surface area (TPSA) is 150 Å². The molecule has 0 saturated carbocycles. The monoisotopic (exact) mass is 417 g/mol. The normalized spacial score (nSPS) is 9.93. The number of aliphatic carboxylic acids is 2. The summed E-state index contributed by atoms with van der Waals surface area (Å²) < 4.78 is 0. The lowest BCUT2D eigenvalue weighted by Crippen LogP contribution is -2.34. The Hall–Kier alpha value is -3.79. The number of carbonyl (C=O) groups is 3. The van der Waals surface area contributed by atoms with Crippen molar-refractivity contribution in [1.82, 2.24) is 10.2 Å². The second-order valence-electron chi connectivity index (χ2n) is 6.02. The Bertz CT molecular complexity index is 842. The Morgan fingerprint density at radius 3 is 2.03 bits per heavy atom. The molecular weight excluding hydrogens is 394 g/mol. The summed E-state index contributed by atoms with van der Waals surface area (Å²) in [6.07, 6.45) is 0. The van der Waals surface area contributed by atoms with Crippen LogP contribution in [-0.4, -0.2) is 57.5 Å². The van der Waals surface area contributed by atoms with Crippen molar-refractivity contribution in [2.45, 2.75) is 13.5 Å². The van der Waals surface area contributed by atoms with E-state index in [2.05, 4.69) is 29.3 Å². The number of nitro groups is 1.